The molecule has 0 amide bonds. The number of hydrogen-bond acceptors (Lipinski definition) is 2. The lowest BCUT2D eigenvalue weighted by Crippen LogP contribution is -2.45. The van der Waals surface area contributed by atoms with Gasteiger partial charge in [-0.2, -0.15) is 0 Å². The maximum absolute atomic E-state index is 13.7. The summed E-state index contributed by atoms with van der Waals surface area (Å²) in [4.78, 5) is 4.04. The van der Waals surface area contributed by atoms with Crippen LogP contribution in [-0.2, 0) is 6.54 Å². The van der Waals surface area contributed by atoms with Crippen molar-refractivity contribution in [3.63, 3.8) is 0 Å². The molecule has 4 heteroatoms. The summed E-state index contributed by atoms with van der Waals surface area (Å²) in [6, 6.07) is 8.03. The van der Waals surface area contributed by atoms with Gasteiger partial charge in [0.2, 0.25) is 0 Å². The van der Waals surface area contributed by atoms with Gasteiger partial charge >= 0.3 is 0 Å². The van der Waals surface area contributed by atoms with Crippen LogP contribution in [0, 0.1) is 5.82 Å². The number of nitrogens with one attached hydrogen (secondary N) is 1. The predicted octanol–water partition coefficient (Wildman–Crippen LogP) is 2.95. The van der Waals surface area contributed by atoms with Gasteiger partial charge in [0.05, 0.1) is 6.33 Å². The molecule has 106 valence electrons. The normalized spacial score (nSPS) is 23.3. The Morgan fingerprint density at radius 3 is 2.90 bits per heavy atom. The van der Waals surface area contributed by atoms with E-state index in [1.54, 1.807) is 18.3 Å². The van der Waals surface area contributed by atoms with E-state index in [4.69, 9.17) is 0 Å². The second-order valence-electron chi connectivity index (χ2n) is 5.71. The van der Waals surface area contributed by atoms with Gasteiger partial charge in [0, 0.05) is 31.0 Å². The van der Waals surface area contributed by atoms with Crippen molar-refractivity contribution in [2.24, 2.45) is 0 Å². The summed E-state index contributed by atoms with van der Waals surface area (Å²) in [5, 5.41) is 3.60. The standard InChI is InChI=1S/C16H20FN3/c1-12(10-20-7-6-18-11-20)19-14-8-13(9-14)15-4-2-3-5-16(15)17/h2-7,11-14,19H,8-10H2,1H3. The first kappa shape index (κ1) is 13.3. The summed E-state index contributed by atoms with van der Waals surface area (Å²) in [5.41, 5.74) is 0.868. The van der Waals surface area contributed by atoms with Crippen molar-refractivity contribution in [2.75, 3.05) is 0 Å². The first-order chi connectivity index (χ1) is 9.72. The third kappa shape index (κ3) is 2.90. The molecule has 1 atom stereocenters. The minimum Gasteiger partial charge on any atom is -0.336 e. The number of aromatic nitrogens is 2. The molecule has 1 saturated carbocycles. The molecule has 0 spiro atoms. The average molecular weight is 273 g/mol. The Bertz CT molecular complexity index is 547. The van der Waals surface area contributed by atoms with E-state index in [2.05, 4.69) is 21.8 Å². The van der Waals surface area contributed by atoms with Crippen molar-refractivity contribution in [2.45, 2.75) is 44.3 Å². The lowest BCUT2D eigenvalue weighted by molar-refractivity contribution is 0.256. The summed E-state index contributed by atoms with van der Waals surface area (Å²) in [6.45, 7) is 3.09. The van der Waals surface area contributed by atoms with Crippen LogP contribution in [0.2, 0.25) is 0 Å². The Labute approximate surface area is 118 Å². The van der Waals surface area contributed by atoms with Gasteiger partial charge < -0.3 is 9.88 Å². The van der Waals surface area contributed by atoms with Crippen LogP contribution in [0.1, 0.15) is 31.2 Å². The SMILES string of the molecule is CC(Cn1ccnc1)NC1CC(c2ccccc2F)C1. The summed E-state index contributed by atoms with van der Waals surface area (Å²) in [6.07, 6.45) is 7.65. The minimum absolute atomic E-state index is 0.0672. The van der Waals surface area contributed by atoms with Gasteiger partial charge in [-0.15, -0.1) is 0 Å². The molecule has 1 unspecified atom stereocenters. The molecule has 1 fully saturated rings. The Morgan fingerprint density at radius 1 is 1.40 bits per heavy atom. The second-order valence-corrected chi connectivity index (χ2v) is 5.71. The van der Waals surface area contributed by atoms with Crippen molar-refractivity contribution in [1.82, 2.24) is 14.9 Å². The Kier molecular flexibility index (Phi) is 3.83. The smallest absolute Gasteiger partial charge is 0.126 e. The van der Waals surface area contributed by atoms with E-state index in [0.29, 0.717) is 18.0 Å². The molecule has 3 nitrogen and oxygen atoms in total. The predicted molar refractivity (Wildman–Crippen MR) is 77.0 cm³/mol. The lowest BCUT2D eigenvalue weighted by Gasteiger charge is -2.38. The molecule has 1 aliphatic carbocycles. The van der Waals surface area contributed by atoms with Crippen LogP contribution in [0.4, 0.5) is 4.39 Å². The van der Waals surface area contributed by atoms with E-state index in [-0.39, 0.29) is 5.82 Å². The van der Waals surface area contributed by atoms with Crippen molar-refractivity contribution in [3.05, 3.63) is 54.4 Å². The van der Waals surface area contributed by atoms with Crippen LogP contribution >= 0.6 is 0 Å². The molecule has 0 saturated heterocycles. The van der Waals surface area contributed by atoms with Crippen LogP contribution in [0.25, 0.3) is 0 Å². The average Bonchev–Trinajstić information content (AvgIpc) is 2.87. The quantitative estimate of drug-likeness (QED) is 0.907. The van der Waals surface area contributed by atoms with Gasteiger partial charge in [-0.1, -0.05) is 18.2 Å². The van der Waals surface area contributed by atoms with E-state index >= 15 is 0 Å². The fourth-order valence-corrected chi connectivity index (χ4v) is 2.98. The highest BCUT2D eigenvalue weighted by molar-refractivity contribution is 5.24. The lowest BCUT2D eigenvalue weighted by atomic mass is 9.75. The Morgan fingerprint density at radius 2 is 2.20 bits per heavy atom. The number of halogens is 1. The first-order valence-electron chi connectivity index (χ1n) is 7.18. The van der Waals surface area contributed by atoms with Gasteiger partial charge in [0.25, 0.3) is 0 Å². The topological polar surface area (TPSA) is 29.9 Å². The van der Waals surface area contributed by atoms with Crippen molar-refractivity contribution >= 4 is 0 Å². The molecule has 2 aromatic rings. The van der Waals surface area contributed by atoms with Crippen LogP contribution in [-0.4, -0.2) is 21.6 Å². The van der Waals surface area contributed by atoms with Crippen molar-refractivity contribution in [1.29, 1.82) is 0 Å². The molecule has 1 aliphatic rings. The van der Waals surface area contributed by atoms with Gasteiger partial charge in [-0.3, -0.25) is 0 Å². The molecule has 3 rings (SSSR count). The molecular formula is C16H20FN3. The van der Waals surface area contributed by atoms with E-state index in [1.807, 2.05) is 24.7 Å². The largest absolute Gasteiger partial charge is 0.336 e. The molecule has 0 aliphatic heterocycles. The highest BCUT2D eigenvalue weighted by atomic mass is 19.1. The van der Waals surface area contributed by atoms with Gasteiger partial charge in [-0.25, -0.2) is 9.37 Å². The molecule has 1 aromatic carbocycles. The number of imidazole rings is 1. The van der Waals surface area contributed by atoms with Crippen LogP contribution in [0.15, 0.2) is 43.0 Å². The molecule has 1 heterocycles. The van der Waals surface area contributed by atoms with Crippen molar-refractivity contribution < 1.29 is 4.39 Å². The molecular weight excluding hydrogens is 253 g/mol. The minimum atomic E-state index is -0.0672. The zero-order chi connectivity index (χ0) is 13.9. The maximum Gasteiger partial charge on any atom is 0.126 e. The van der Waals surface area contributed by atoms with E-state index in [1.165, 1.54) is 0 Å². The van der Waals surface area contributed by atoms with Crippen LogP contribution in [0.5, 0.6) is 0 Å². The Balaban J connectivity index is 1.47. The first-order valence-corrected chi connectivity index (χ1v) is 7.18. The fraction of sp³-hybridized carbons (Fsp3) is 0.438. The maximum atomic E-state index is 13.7. The highest BCUT2D eigenvalue weighted by Crippen LogP contribution is 2.38. The van der Waals surface area contributed by atoms with Crippen molar-refractivity contribution in [3.8, 4) is 0 Å². The third-order valence-corrected chi connectivity index (χ3v) is 4.05. The molecule has 1 aromatic heterocycles. The molecule has 20 heavy (non-hydrogen) atoms. The van der Waals surface area contributed by atoms with E-state index < -0.39 is 0 Å². The number of hydrogen-bond donors (Lipinski definition) is 1. The van der Waals surface area contributed by atoms with Gasteiger partial charge in [0.1, 0.15) is 5.82 Å². The highest BCUT2D eigenvalue weighted by Gasteiger charge is 2.32. The zero-order valence-corrected chi connectivity index (χ0v) is 11.7. The summed E-state index contributed by atoms with van der Waals surface area (Å²) in [5.74, 6) is 0.302. The molecule has 0 bridgehead atoms. The Hall–Kier alpha value is -1.68. The molecule has 0 radical (unpaired) electrons. The van der Waals surface area contributed by atoms with Crippen LogP contribution in [0.3, 0.4) is 0 Å². The second kappa shape index (κ2) is 5.75. The number of rotatable bonds is 5. The van der Waals surface area contributed by atoms with E-state index in [9.17, 15) is 4.39 Å². The van der Waals surface area contributed by atoms with Gasteiger partial charge in [0.15, 0.2) is 0 Å². The fourth-order valence-electron chi connectivity index (χ4n) is 2.98. The third-order valence-electron chi connectivity index (χ3n) is 4.05. The zero-order valence-electron chi connectivity index (χ0n) is 11.7. The van der Waals surface area contributed by atoms with Gasteiger partial charge in [-0.05, 0) is 37.3 Å². The monoisotopic (exact) mass is 273 g/mol. The summed E-state index contributed by atoms with van der Waals surface area (Å²) >= 11 is 0. The van der Waals surface area contributed by atoms with Crippen LogP contribution < -0.4 is 5.32 Å². The molecule has 1 N–H and O–H groups in total. The summed E-state index contributed by atoms with van der Waals surface area (Å²) < 4.78 is 15.7. The number of nitrogens with zero attached hydrogens (tertiary/aromatic N) is 2. The van der Waals surface area contributed by atoms with E-state index in [0.717, 1.165) is 24.9 Å². The number of benzene rings is 1. The summed E-state index contributed by atoms with van der Waals surface area (Å²) in [7, 11) is 0.